The molecule has 0 aliphatic carbocycles. The van der Waals surface area contributed by atoms with Crippen LogP contribution in [0.25, 0.3) is 6.08 Å². The molecule has 1 aliphatic rings. The first-order valence-electron chi connectivity index (χ1n) is 6.02. The average Bonchev–Trinajstić information content (AvgIpc) is 2.57. The quantitative estimate of drug-likeness (QED) is 0.820. The smallest absolute Gasteiger partial charge is 0.0406 e. The Morgan fingerprint density at radius 3 is 2.75 bits per heavy atom. The number of nitrogens with one attached hydrogen (secondary N) is 1. The summed E-state index contributed by atoms with van der Waals surface area (Å²) >= 11 is 5.85. The topological polar surface area (TPSA) is 12.0 Å². The molecule has 1 unspecified atom stereocenters. The van der Waals surface area contributed by atoms with Crippen LogP contribution in [0.2, 0.25) is 5.02 Å². The molecule has 1 aliphatic heterocycles. The third-order valence-corrected chi connectivity index (χ3v) is 3.24. The Labute approximate surface area is 103 Å². The minimum atomic E-state index is 0.540. The second kappa shape index (κ2) is 6.07. The zero-order valence-electron chi connectivity index (χ0n) is 9.45. The van der Waals surface area contributed by atoms with Crippen molar-refractivity contribution in [2.24, 2.45) is 0 Å². The van der Waals surface area contributed by atoms with E-state index in [0.717, 1.165) is 11.6 Å². The fraction of sp³-hybridized carbons (Fsp3) is 0.429. The van der Waals surface area contributed by atoms with Crippen LogP contribution in [0.5, 0.6) is 0 Å². The van der Waals surface area contributed by atoms with Gasteiger partial charge in [0, 0.05) is 11.1 Å². The summed E-state index contributed by atoms with van der Waals surface area (Å²) < 4.78 is 0. The van der Waals surface area contributed by atoms with E-state index in [1.807, 2.05) is 12.1 Å². The largest absolute Gasteiger partial charge is 0.311 e. The van der Waals surface area contributed by atoms with Gasteiger partial charge in [-0.25, -0.2) is 0 Å². The van der Waals surface area contributed by atoms with Crippen LogP contribution in [-0.4, -0.2) is 12.6 Å². The first-order chi connectivity index (χ1) is 7.84. The van der Waals surface area contributed by atoms with Crippen LogP contribution >= 0.6 is 11.6 Å². The Hall–Kier alpha value is -0.790. The van der Waals surface area contributed by atoms with Crippen molar-refractivity contribution >= 4 is 17.7 Å². The molecule has 1 aromatic carbocycles. The van der Waals surface area contributed by atoms with Crippen molar-refractivity contribution < 1.29 is 0 Å². The fourth-order valence-corrected chi connectivity index (χ4v) is 2.15. The molecule has 2 rings (SSSR count). The highest BCUT2D eigenvalue weighted by Crippen LogP contribution is 2.13. The van der Waals surface area contributed by atoms with Crippen molar-refractivity contribution in [3.63, 3.8) is 0 Å². The molecule has 2 heteroatoms. The van der Waals surface area contributed by atoms with Gasteiger partial charge in [-0.05, 0) is 37.1 Å². The van der Waals surface area contributed by atoms with Crippen LogP contribution in [0.1, 0.15) is 31.2 Å². The van der Waals surface area contributed by atoms with E-state index >= 15 is 0 Å². The summed E-state index contributed by atoms with van der Waals surface area (Å²) in [5.74, 6) is 0. The SMILES string of the molecule is Clc1ccc(/C=C/C2CCCCCN2)cc1. The summed E-state index contributed by atoms with van der Waals surface area (Å²) in [4.78, 5) is 0. The normalized spacial score (nSPS) is 22.2. The molecule has 1 saturated heterocycles. The summed E-state index contributed by atoms with van der Waals surface area (Å²) in [5, 5.41) is 4.35. The van der Waals surface area contributed by atoms with Crippen molar-refractivity contribution in [2.75, 3.05) is 6.54 Å². The summed E-state index contributed by atoms with van der Waals surface area (Å²) in [6, 6.07) is 8.51. The molecule has 16 heavy (non-hydrogen) atoms. The Morgan fingerprint density at radius 2 is 1.94 bits per heavy atom. The maximum Gasteiger partial charge on any atom is 0.0406 e. The van der Waals surface area contributed by atoms with Crippen LogP contribution in [-0.2, 0) is 0 Å². The maximum absolute atomic E-state index is 5.85. The molecular formula is C14H18ClN. The Balaban J connectivity index is 1.94. The molecule has 0 spiro atoms. The van der Waals surface area contributed by atoms with Gasteiger partial charge in [0.1, 0.15) is 0 Å². The number of hydrogen-bond donors (Lipinski definition) is 1. The van der Waals surface area contributed by atoms with E-state index in [0.29, 0.717) is 6.04 Å². The standard InChI is InChI=1S/C14H18ClN/c15-13-8-5-12(6-9-13)7-10-14-4-2-1-3-11-16-14/h5-10,14,16H,1-4,11H2/b10-7+. The summed E-state index contributed by atoms with van der Waals surface area (Å²) in [7, 11) is 0. The third-order valence-electron chi connectivity index (χ3n) is 2.99. The molecule has 0 radical (unpaired) electrons. The maximum atomic E-state index is 5.85. The lowest BCUT2D eigenvalue weighted by Gasteiger charge is -2.09. The van der Waals surface area contributed by atoms with E-state index in [1.165, 1.54) is 31.2 Å². The van der Waals surface area contributed by atoms with Gasteiger partial charge in [-0.1, -0.05) is 48.7 Å². The first kappa shape index (κ1) is 11.7. The zero-order chi connectivity index (χ0) is 11.2. The minimum absolute atomic E-state index is 0.540. The summed E-state index contributed by atoms with van der Waals surface area (Å²) in [6.07, 6.45) is 9.71. The molecule has 1 aromatic rings. The first-order valence-corrected chi connectivity index (χ1v) is 6.39. The number of halogens is 1. The highest BCUT2D eigenvalue weighted by Gasteiger charge is 2.07. The molecule has 0 saturated carbocycles. The predicted octanol–water partition coefficient (Wildman–Crippen LogP) is 3.89. The number of rotatable bonds is 2. The lowest BCUT2D eigenvalue weighted by Crippen LogP contribution is -2.25. The lowest BCUT2D eigenvalue weighted by molar-refractivity contribution is 0.599. The number of hydrogen-bond acceptors (Lipinski definition) is 1. The Kier molecular flexibility index (Phi) is 4.44. The summed E-state index contributed by atoms with van der Waals surface area (Å²) in [6.45, 7) is 1.15. The van der Waals surface area contributed by atoms with E-state index in [2.05, 4.69) is 29.6 Å². The molecule has 1 heterocycles. The van der Waals surface area contributed by atoms with Gasteiger partial charge in [0.15, 0.2) is 0 Å². The molecule has 86 valence electrons. The zero-order valence-corrected chi connectivity index (χ0v) is 10.2. The fourth-order valence-electron chi connectivity index (χ4n) is 2.02. The molecule has 1 atom stereocenters. The van der Waals surface area contributed by atoms with Crippen LogP contribution in [0.3, 0.4) is 0 Å². The van der Waals surface area contributed by atoms with E-state index in [4.69, 9.17) is 11.6 Å². The van der Waals surface area contributed by atoms with E-state index in [-0.39, 0.29) is 0 Å². The van der Waals surface area contributed by atoms with Crippen molar-refractivity contribution in [3.8, 4) is 0 Å². The van der Waals surface area contributed by atoms with Gasteiger partial charge in [0.2, 0.25) is 0 Å². The van der Waals surface area contributed by atoms with Crippen molar-refractivity contribution in [1.29, 1.82) is 0 Å². The molecule has 1 N–H and O–H groups in total. The number of benzene rings is 1. The van der Waals surface area contributed by atoms with Gasteiger partial charge >= 0.3 is 0 Å². The highest BCUT2D eigenvalue weighted by molar-refractivity contribution is 6.30. The monoisotopic (exact) mass is 235 g/mol. The van der Waals surface area contributed by atoms with E-state index in [1.54, 1.807) is 0 Å². The third kappa shape index (κ3) is 3.66. The van der Waals surface area contributed by atoms with Crippen LogP contribution < -0.4 is 5.32 Å². The van der Waals surface area contributed by atoms with Crippen molar-refractivity contribution in [3.05, 3.63) is 40.9 Å². The van der Waals surface area contributed by atoms with Gasteiger partial charge in [-0.15, -0.1) is 0 Å². The second-order valence-corrected chi connectivity index (χ2v) is 4.76. The van der Waals surface area contributed by atoms with Gasteiger partial charge in [-0.3, -0.25) is 0 Å². The molecule has 1 fully saturated rings. The van der Waals surface area contributed by atoms with Crippen LogP contribution in [0.4, 0.5) is 0 Å². The van der Waals surface area contributed by atoms with E-state index in [9.17, 15) is 0 Å². The molecule has 0 bridgehead atoms. The predicted molar refractivity (Wildman–Crippen MR) is 70.7 cm³/mol. The molecule has 1 nitrogen and oxygen atoms in total. The van der Waals surface area contributed by atoms with Gasteiger partial charge in [-0.2, -0.15) is 0 Å². The molecule has 0 aromatic heterocycles. The van der Waals surface area contributed by atoms with E-state index < -0.39 is 0 Å². The Morgan fingerprint density at radius 1 is 1.12 bits per heavy atom. The Bertz CT molecular complexity index is 334. The van der Waals surface area contributed by atoms with Crippen LogP contribution in [0.15, 0.2) is 30.3 Å². The molecule has 0 amide bonds. The minimum Gasteiger partial charge on any atom is -0.311 e. The summed E-state index contributed by atoms with van der Waals surface area (Å²) in [5.41, 5.74) is 1.22. The van der Waals surface area contributed by atoms with Crippen molar-refractivity contribution in [2.45, 2.75) is 31.7 Å². The molecular weight excluding hydrogens is 218 g/mol. The average molecular weight is 236 g/mol. The van der Waals surface area contributed by atoms with Crippen molar-refractivity contribution in [1.82, 2.24) is 5.32 Å². The lowest BCUT2D eigenvalue weighted by atomic mass is 10.1. The highest BCUT2D eigenvalue weighted by atomic mass is 35.5. The van der Waals surface area contributed by atoms with Gasteiger partial charge < -0.3 is 5.32 Å². The second-order valence-electron chi connectivity index (χ2n) is 4.32. The van der Waals surface area contributed by atoms with Gasteiger partial charge in [0.25, 0.3) is 0 Å². The van der Waals surface area contributed by atoms with Crippen LogP contribution in [0, 0.1) is 0 Å². The van der Waals surface area contributed by atoms with Gasteiger partial charge in [0.05, 0.1) is 0 Å².